The molecular weight excluding hydrogens is 336 g/mol. The zero-order chi connectivity index (χ0) is 18.9. The highest BCUT2D eigenvalue weighted by molar-refractivity contribution is 5.89. The smallest absolute Gasteiger partial charge is 0.0352 e. The summed E-state index contributed by atoms with van der Waals surface area (Å²) < 4.78 is 0. The first-order valence-electron chi connectivity index (χ1n) is 10.1. The Labute approximate surface area is 166 Å². The van der Waals surface area contributed by atoms with E-state index in [9.17, 15) is 0 Å². The van der Waals surface area contributed by atoms with Gasteiger partial charge in [0.2, 0.25) is 0 Å². The summed E-state index contributed by atoms with van der Waals surface area (Å²) in [6.45, 7) is 4.73. The zero-order valence-electron chi connectivity index (χ0n) is 16.2. The first-order valence-corrected chi connectivity index (χ1v) is 10.1. The Hall–Kier alpha value is -3.12. The summed E-state index contributed by atoms with van der Waals surface area (Å²) in [5.74, 6) is 0.317. The second-order valence-electron chi connectivity index (χ2n) is 8.59. The minimum Gasteiger partial charge on any atom is -0.0622 e. The molecule has 4 aromatic rings. The molecule has 0 nitrogen and oxygen atoms in total. The predicted octanol–water partition coefficient (Wildman–Crippen LogP) is 7.15. The zero-order valence-corrected chi connectivity index (χ0v) is 16.2. The largest absolute Gasteiger partial charge is 0.0622 e. The standard InChI is InChI=1S/C28H22/c1-28(2)25-15-9-8-13-20(25)23-16-22-19-12-6-7-14-21(19)27(24(22)17-26(23)28)18-10-4-3-5-11-18/h3-17,27H,1-2H3. The fourth-order valence-electron chi connectivity index (χ4n) is 5.40. The van der Waals surface area contributed by atoms with Crippen LogP contribution in [0.2, 0.25) is 0 Å². The van der Waals surface area contributed by atoms with E-state index in [4.69, 9.17) is 0 Å². The fourth-order valence-corrected chi connectivity index (χ4v) is 5.40. The van der Waals surface area contributed by atoms with Gasteiger partial charge in [0.25, 0.3) is 0 Å². The van der Waals surface area contributed by atoms with Crippen LogP contribution in [0.5, 0.6) is 0 Å². The molecule has 6 rings (SSSR count). The molecule has 4 aromatic carbocycles. The van der Waals surface area contributed by atoms with Crippen molar-refractivity contribution in [2.24, 2.45) is 0 Å². The van der Waals surface area contributed by atoms with Gasteiger partial charge in [0.1, 0.15) is 0 Å². The Kier molecular flexibility index (Phi) is 3.09. The third-order valence-electron chi connectivity index (χ3n) is 6.76. The Bertz CT molecular complexity index is 1230. The van der Waals surface area contributed by atoms with Crippen molar-refractivity contribution < 1.29 is 0 Å². The number of fused-ring (bicyclic) bond motifs is 6. The Morgan fingerprint density at radius 2 is 1.21 bits per heavy atom. The van der Waals surface area contributed by atoms with Crippen LogP contribution in [0.25, 0.3) is 22.3 Å². The van der Waals surface area contributed by atoms with E-state index < -0.39 is 0 Å². The quantitative estimate of drug-likeness (QED) is 0.298. The van der Waals surface area contributed by atoms with Gasteiger partial charge in [0.15, 0.2) is 0 Å². The van der Waals surface area contributed by atoms with Crippen LogP contribution in [0.4, 0.5) is 0 Å². The van der Waals surface area contributed by atoms with Crippen molar-refractivity contribution >= 4 is 0 Å². The molecule has 2 aliphatic rings. The predicted molar refractivity (Wildman–Crippen MR) is 117 cm³/mol. The molecule has 0 radical (unpaired) electrons. The maximum absolute atomic E-state index is 2.50. The Morgan fingerprint density at radius 3 is 2.04 bits per heavy atom. The average Bonchev–Trinajstić information content (AvgIpc) is 3.17. The second kappa shape index (κ2) is 5.45. The molecule has 0 amide bonds. The molecule has 0 heteroatoms. The van der Waals surface area contributed by atoms with E-state index in [0.717, 1.165) is 0 Å². The van der Waals surface area contributed by atoms with Gasteiger partial charge in [0.05, 0.1) is 0 Å². The summed E-state index contributed by atoms with van der Waals surface area (Å²) in [4.78, 5) is 0. The van der Waals surface area contributed by atoms with E-state index in [2.05, 4.69) is 105 Å². The molecule has 2 aliphatic carbocycles. The summed E-state index contributed by atoms with van der Waals surface area (Å²) >= 11 is 0. The third-order valence-corrected chi connectivity index (χ3v) is 6.76. The van der Waals surface area contributed by atoms with Gasteiger partial charge in [-0.15, -0.1) is 0 Å². The third kappa shape index (κ3) is 1.95. The van der Waals surface area contributed by atoms with Gasteiger partial charge in [-0.3, -0.25) is 0 Å². The first-order chi connectivity index (χ1) is 13.7. The molecule has 1 atom stereocenters. The second-order valence-corrected chi connectivity index (χ2v) is 8.59. The topological polar surface area (TPSA) is 0 Å². The summed E-state index contributed by atoms with van der Waals surface area (Å²) in [5, 5.41) is 0. The normalized spacial score (nSPS) is 17.6. The molecule has 0 N–H and O–H groups in total. The van der Waals surface area contributed by atoms with Gasteiger partial charge in [-0.2, -0.15) is 0 Å². The molecule has 0 saturated heterocycles. The summed E-state index contributed by atoms with van der Waals surface area (Å²) in [6.07, 6.45) is 0. The average molecular weight is 358 g/mol. The lowest BCUT2D eigenvalue weighted by Crippen LogP contribution is -2.15. The van der Waals surface area contributed by atoms with Crippen molar-refractivity contribution in [2.45, 2.75) is 25.2 Å². The molecule has 0 aliphatic heterocycles. The van der Waals surface area contributed by atoms with Crippen molar-refractivity contribution in [1.29, 1.82) is 0 Å². The highest BCUT2D eigenvalue weighted by Gasteiger charge is 2.39. The molecule has 0 heterocycles. The van der Waals surface area contributed by atoms with Crippen molar-refractivity contribution in [2.75, 3.05) is 0 Å². The minimum absolute atomic E-state index is 0.0387. The molecule has 0 spiro atoms. The highest BCUT2D eigenvalue weighted by Crippen LogP contribution is 2.55. The Morgan fingerprint density at radius 1 is 0.536 bits per heavy atom. The number of hydrogen-bond donors (Lipinski definition) is 0. The fraction of sp³-hybridized carbons (Fsp3) is 0.143. The van der Waals surface area contributed by atoms with Gasteiger partial charge in [-0.1, -0.05) is 98.8 Å². The lowest BCUT2D eigenvalue weighted by atomic mass is 9.80. The van der Waals surface area contributed by atoms with Crippen LogP contribution >= 0.6 is 0 Å². The molecule has 134 valence electrons. The van der Waals surface area contributed by atoms with Crippen LogP contribution in [0.1, 0.15) is 47.6 Å². The number of hydrogen-bond acceptors (Lipinski definition) is 0. The molecule has 0 fully saturated rings. The molecule has 28 heavy (non-hydrogen) atoms. The lowest BCUT2D eigenvalue weighted by Gasteiger charge is -2.23. The van der Waals surface area contributed by atoms with E-state index in [1.54, 1.807) is 0 Å². The summed E-state index contributed by atoms with van der Waals surface area (Å²) in [5.41, 5.74) is 12.8. The van der Waals surface area contributed by atoms with Crippen molar-refractivity contribution in [1.82, 2.24) is 0 Å². The van der Waals surface area contributed by atoms with E-state index in [1.807, 2.05) is 0 Å². The van der Waals surface area contributed by atoms with E-state index in [0.29, 0.717) is 5.92 Å². The van der Waals surface area contributed by atoms with Gasteiger partial charge >= 0.3 is 0 Å². The van der Waals surface area contributed by atoms with Gasteiger partial charge < -0.3 is 0 Å². The van der Waals surface area contributed by atoms with Crippen molar-refractivity contribution in [3.63, 3.8) is 0 Å². The molecule has 0 aromatic heterocycles. The number of benzene rings is 4. The van der Waals surface area contributed by atoms with Crippen LogP contribution in [0, 0.1) is 0 Å². The summed E-state index contributed by atoms with van der Waals surface area (Å²) in [6, 6.07) is 33.8. The Balaban J connectivity index is 1.67. The highest BCUT2D eigenvalue weighted by atomic mass is 14.4. The van der Waals surface area contributed by atoms with Crippen LogP contribution in [-0.2, 0) is 5.41 Å². The van der Waals surface area contributed by atoms with E-state index in [1.165, 1.54) is 50.1 Å². The van der Waals surface area contributed by atoms with Gasteiger partial charge in [-0.25, -0.2) is 0 Å². The number of rotatable bonds is 1. The van der Waals surface area contributed by atoms with Crippen LogP contribution in [0.15, 0.2) is 91.0 Å². The van der Waals surface area contributed by atoms with Crippen molar-refractivity contribution in [3.8, 4) is 22.3 Å². The maximum atomic E-state index is 2.50. The van der Waals surface area contributed by atoms with E-state index >= 15 is 0 Å². The van der Waals surface area contributed by atoms with Crippen LogP contribution in [0.3, 0.4) is 0 Å². The van der Waals surface area contributed by atoms with Gasteiger partial charge in [-0.05, 0) is 56.1 Å². The molecule has 0 bridgehead atoms. The molecule has 0 saturated carbocycles. The van der Waals surface area contributed by atoms with Gasteiger partial charge in [0, 0.05) is 11.3 Å². The SMILES string of the molecule is CC1(C)c2ccccc2-c2cc3c(cc21)C(c1ccccc1)c1ccccc1-3. The first kappa shape index (κ1) is 15.9. The van der Waals surface area contributed by atoms with E-state index in [-0.39, 0.29) is 5.41 Å². The summed E-state index contributed by atoms with van der Waals surface area (Å²) in [7, 11) is 0. The minimum atomic E-state index is 0.0387. The monoisotopic (exact) mass is 358 g/mol. The van der Waals surface area contributed by atoms with Crippen LogP contribution < -0.4 is 0 Å². The molecule has 1 unspecified atom stereocenters. The molecular formula is C28H22. The lowest BCUT2D eigenvalue weighted by molar-refractivity contribution is 0.659. The maximum Gasteiger partial charge on any atom is 0.0352 e. The van der Waals surface area contributed by atoms with Crippen LogP contribution in [-0.4, -0.2) is 0 Å². The van der Waals surface area contributed by atoms with Crippen molar-refractivity contribution in [3.05, 3.63) is 119 Å².